The molecule has 0 aliphatic carbocycles. The first kappa shape index (κ1) is 9.89. The summed E-state index contributed by atoms with van der Waals surface area (Å²) in [6.45, 7) is 0.383. The summed E-state index contributed by atoms with van der Waals surface area (Å²) in [6, 6.07) is 7.08. The highest BCUT2D eigenvalue weighted by atomic mass is 16.3. The Morgan fingerprint density at radius 2 is 2.06 bits per heavy atom. The lowest BCUT2D eigenvalue weighted by molar-refractivity contribution is -0.120. The van der Waals surface area contributed by atoms with Gasteiger partial charge in [-0.3, -0.25) is 15.0 Å². The van der Waals surface area contributed by atoms with Gasteiger partial charge in [-0.15, -0.1) is 0 Å². The third kappa shape index (κ3) is 1.56. The van der Waals surface area contributed by atoms with Gasteiger partial charge in [0.05, 0.1) is 5.69 Å². The molecule has 1 aliphatic heterocycles. The largest absolute Gasteiger partial charge is 0.462 e. The zero-order valence-electron chi connectivity index (χ0n) is 8.97. The van der Waals surface area contributed by atoms with Crippen LogP contribution < -0.4 is 10.2 Å². The number of imide groups is 1. The molecule has 3 rings (SSSR count). The van der Waals surface area contributed by atoms with Crippen LogP contribution in [0.5, 0.6) is 0 Å². The SMILES string of the molecule is O=C1CCN(c2coc3ccccc23)C(=O)N1. The van der Waals surface area contributed by atoms with Crippen LogP contribution in [0.3, 0.4) is 0 Å². The Balaban J connectivity index is 2.04. The van der Waals surface area contributed by atoms with E-state index in [1.165, 1.54) is 4.90 Å². The van der Waals surface area contributed by atoms with Crippen molar-refractivity contribution in [2.75, 3.05) is 11.4 Å². The van der Waals surface area contributed by atoms with Crippen molar-refractivity contribution in [3.63, 3.8) is 0 Å². The summed E-state index contributed by atoms with van der Waals surface area (Å²) in [7, 11) is 0. The Kier molecular flexibility index (Phi) is 2.11. The number of benzene rings is 1. The zero-order chi connectivity index (χ0) is 11.8. The van der Waals surface area contributed by atoms with E-state index in [2.05, 4.69) is 5.32 Å². The van der Waals surface area contributed by atoms with Crippen LogP contribution in [0.1, 0.15) is 6.42 Å². The average molecular weight is 230 g/mol. The summed E-state index contributed by atoms with van der Waals surface area (Å²) in [5.74, 6) is -0.237. The normalized spacial score (nSPS) is 16.4. The molecular formula is C12H10N2O3. The maximum atomic E-state index is 11.7. The van der Waals surface area contributed by atoms with Gasteiger partial charge in [-0.2, -0.15) is 0 Å². The Hall–Kier alpha value is -2.30. The molecule has 2 heterocycles. The van der Waals surface area contributed by atoms with Crippen LogP contribution in [0, 0.1) is 0 Å². The number of nitrogens with one attached hydrogen (secondary N) is 1. The van der Waals surface area contributed by atoms with E-state index < -0.39 is 6.03 Å². The lowest BCUT2D eigenvalue weighted by Gasteiger charge is -2.25. The van der Waals surface area contributed by atoms with E-state index in [9.17, 15) is 9.59 Å². The Morgan fingerprint density at radius 3 is 2.88 bits per heavy atom. The minimum absolute atomic E-state index is 0.237. The van der Waals surface area contributed by atoms with Crippen LogP contribution in [-0.4, -0.2) is 18.5 Å². The summed E-state index contributed by atoms with van der Waals surface area (Å²) in [4.78, 5) is 24.3. The van der Waals surface area contributed by atoms with Gasteiger partial charge < -0.3 is 4.42 Å². The zero-order valence-corrected chi connectivity index (χ0v) is 8.97. The van der Waals surface area contributed by atoms with Gasteiger partial charge in [0.25, 0.3) is 0 Å². The van der Waals surface area contributed by atoms with Crippen molar-refractivity contribution in [2.45, 2.75) is 6.42 Å². The van der Waals surface area contributed by atoms with E-state index in [1.807, 2.05) is 24.3 Å². The molecule has 0 atom stereocenters. The highest BCUT2D eigenvalue weighted by molar-refractivity contribution is 6.09. The van der Waals surface area contributed by atoms with Crippen LogP contribution in [0.4, 0.5) is 10.5 Å². The second-order valence-electron chi connectivity index (χ2n) is 3.87. The number of hydrogen-bond donors (Lipinski definition) is 1. The fourth-order valence-corrected chi connectivity index (χ4v) is 1.97. The standard InChI is InChI=1S/C12H10N2O3/c15-11-5-6-14(12(16)13-11)9-7-17-10-4-2-1-3-8(9)10/h1-4,7H,5-6H2,(H,13,15,16). The molecule has 2 aromatic rings. The lowest BCUT2D eigenvalue weighted by Crippen LogP contribution is -2.49. The van der Waals surface area contributed by atoms with Crippen LogP contribution in [0.15, 0.2) is 34.9 Å². The Bertz CT molecular complexity index is 603. The van der Waals surface area contributed by atoms with E-state index in [-0.39, 0.29) is 5.91 Å². The van der Waals surface area contributed by atoms with E-state index in [0.717, 1.165) is 11.0 Å². The van der Waals surface area contributed by atoms with E-state index in [0.29, 0.717) is 18.7 Å². The molecule has 0 radical (unpaired) electrons. The number of nitrogens with zero attached hydrogens (tertiary/aromatic N) is 1. The number of fused-ring (bicyclic) bond motifs is 1. The van der Waals surface area contributed by atoms with Gasteiger partial charge >= 0.3 is 6.03 Å². The van der Waals surface area contributed by atoms with E-state index in [4.69, 9.17) is 4.42 Å². The molecule has 17 heavy (non-hydrogen) atoms. The summed E-state index contributed by atoms with van der Waals surface area (Å²) < 4.78 is 5.37. The smallest absolute Gasteiger partial charge is 0.328 e. The number of hydrogen-bond acceptors (Lipinski definition) is 3. The quantitative estimate of drug-likeness (QED) is 0.813. The molecule has 3 amide bonds. The third-order valence-electron chi connectivity index (χ3n) is 2.81. The van der Waals surface area contributed by atoms with Gasteiger partial charge in [0.15, 0.2) is 0 Å². The van der Waals surface area contributed by atoms with Crippen molar-refractivity contribution < 1.29 is 14.0 Å². The summed E-state index contributed by atoms with van der Waals surface area (Å²) in [6.07, 6.45) is 1.85. The molecule has 1 aromatic carbocycles. The minimum atomic E-state index is -0.396. The van der Waals surface area contributed by atoms with Crippen molar-refractivity contribution in [1.82, 2.24) is 5.32 Å². The predicted molar refractivity (Wildman–Crippen MR) is 61.7 cm³/mol. The van der Waals surface area contributed by atoms with Gasteiger partial charge in [-0.25, -0.2) is 4.79 Å². The molecule has 0 bridgehead atoms. The number of amides is 3. The van der Waals surface area contributed by atoms with Crippen molar-refractivity contribution in [1.29, 1.82) is 0 Å². The molecule has 1 N–H and O–H groups in total. The lowest BCUT2D eigenvalue weighted by atomic mass is 10.2. The van der Waals surface area contributed by atoms with Gasteiger partial charge in [0.2, 0.25) is 5.91 Å². The first-order chi connectivity index (χ1) is 8.25. The number of rotatable bonds is 1. The molecule has 5 nitrogen and oxygen atoms in total. The fraction of sp³-hybridized carbons (Fsp3) is 0.167. The number of para-hydroxylation sites is 1. The topological polar surface area (TPSA) is 62.6 Å². The number of carbonyl (C=O) groups is 2. The van der Waals surface area contributed by atoms with Crippen molar-refractivity contribution in [2.24, 2.45) is 0 Å². The van der Waals surface area contributed by atoms with Crippen molar-refractivity contribution in [3.05, 3.63) is 30.5 Å². The highest BCUT2D eigenvalue weighted by Crippen LogP contribution is 2.29. The molecule has 1 aliphatic rings. The monoisotopic (exact) mass is 230 g/mol. The second kappa shape index (κ2) is 3.62. The number of carbonyl (C=O) groups excluding carboxylic acids is 2. The highest BCUT2D eigenvalue weighted by Gasteiger charge is 2.26. The molecule has 86 valence electrons. The average Bonchev–Trinajstić information content (AvgIpc) is 2.73. The van der Waals surface area contributed by atoms with Crippen LogP contribution in [-0.2, 0) is 4.79 Å². The number of urea groups is 1. The van der Waals surface area contributed by atoms with E-state index >= 15 is 0 Å². The molecule has 1 fully saturated rings. The molecule has 0 unspecified atom stereocenters. The minimum Gasteiger partial charge on any atom is -0.462 e. The Morgan fingerprint density at radius 1 is 1.24 bits per heavy atom. The van der Waals surface area contributed by atoms with Crippen LogP contribution in [0.2, 0.25) is 0 Å². The fourth-order valence-electron chi connectivity index (χ4n) is 1.97. The first-order valence-corrected chi connectivity index (χ1v) is 5.33. The molecule has 0 spiro atoms. The predicted octanol–water partition coefficient (Wildman–Crippen LogP) is 1.88. The molecular weight excluding hydrogens is 220 g/mol. The molecule has 1 saturated heterocycles. The van der Waals surface area contributed by atoms with Crippen LogP contribution in [0.25, 0.3) is 11.0 Å². The third-order valence-corrected chi connectivity index (χ3v) is 2.81. The maximum absolute atomic E-state index is 11.7. The Labute approximate surface area is 97.0 Å². The van der Waals surface area contributed by atoms with Gasteiger partial charge in [0, 0.05) is 18.4 Å². The maximum Gasteiger partial charge on any atom is 0.328 e. The van der Waals surface area contributed by atoms with Crippen molar-refractivity contribution >= 4 is 28.6 Å². The molecule has 0 saturated carbocycles. The molecule has 5 heteroatoms. The van der Waals surface area contributed by atoms with Gasteiger partial charge in [0.1, 0.15) is 11.8 Å². The summed E-state index contributed by atoms with van der Waals surface area (Å²) in [5, 5.41) is 3.16. The van der Waals surface area contributed by atoms with Crippen LogP contribution >= 0.6 is 0 Å². The molecule has 1 aromatic heterocycles. The number of anilines is 1. The summed E-state index contributed by atoms with van der Waals surface area (Å²) >= 11 is 0. The summed E-state index contributed by atoms with van der Waals surface area (Å²) in [5.41, 5.74) is 1.43. The van der Waals surface area contributed by atoms with Crippen molar-refractivity contribution in [3.8, 4) is 0 Å². The second-order valence-corrected chi connectivity index (χ2v) is 3.87. The van der Waals surface area contributed by atoms with Gasteiger partial charge in [-0.1, -0.05) is 12.1 Å². The number of furan rings is 1. The first-order valence-electron chi connectivity index (χ1n) is 5.33. The van der Waals surface area contributed by atoms with Gasteiger partial charge in [-0.05, 0) is 12.1 Å². The van der Waals surface area contributed by atoms with E-state index in [1.54, 1.807) is 6.26 Å².